The second kappa shape index (κ2) is 6.74. The molecule has 2 fully saturated rings. The molecule has 0 spiro atoms. The Labute approximate surface area is 180 Å². The molecule has 0 amide bonds. The molecule has 2 aliphatic carbocycles. The molecule has 2 saturated carbocycles. The second-order valence-corrected chi connectivity index (χ2v) is 8.80. The van der Waals surface area contributed by atoms with Gasteiger partial charge in [0.2, 0.25) is 11.8 Å². The van der Waals surface area contributed by atoms with Crippen molar-refractivity contribution in [2.75, 3.05) is 0 Å². The molecule has 3 aliphatic rings. The van der Waals surface area contributed by atoms with E-state index in [1.54, 1.807) is 4.68 Å². The number of benzene rings is 1. The molecule has 2 aromatic heterocycles. The van der Waals surface area contributed by atoms with Gasteiger partial charge in [-0.25, -0.2) is 9.67 Å². The summed E-state index contributed by atoms with van der Waals surface area (Å²) in [6.45, 7) is 0. The molecule has 3 aromatic rings. The van der Waals surface area contributed by atoms with Crippen LogP contribution < -0.4 is 10.5 Å². The molecule has 1 aromatic carbocycles. The van der Waals surface area contributed by atoms with Crippen LogP contribution in [0.1, 0.15) is 72.5 Å². The van der Waals surface area contributed by atoms with Gasteiger partial charge in [-0.3, -0.25) is 0 Å². The zero-order valence-corrected chi connectivity index (χ0v) is 17.5. The van der Waals surface area contributed by atoms with Gasteiger partial charge in [-0.1, -0.05) is 18.6 Å². The summed E-state index contributed by atoms with van der Waals surface area (Å²) >= 11 is 0. The number of nitrogens with zero attached hydrogens (tertiary/aromatic N) is 5. The summed E-state index contributed by atoms with van der Waals surface area (Å²) in [5.74, 6) is 2.67. The molecule has 3 heterocycles. The second-order valence-electron chi connectivity index (χ2n) is 8.80. The van der Waals surface area contributed by atoms with E-state index in [1.165, 1.54) is 19.3 Å². The van der Waals surface area contributed by atoms with Crippen LogP contribution in [-0.4, -0.2) is 19.3 Å². The number of ether oxygens (including phenoxy) is 1. The van der Waals surface area contributed by atoms with Crippen LogP contribution in [0.3, 0.4) is 0 Å². The van der Waals surface area contributed by atoms with E-state index in [-0.39, 0.29) is 11.8 Å². The highest BCUT2D eigenvalue weighted by molar-refractivity contribution is 5.57. The Balaban J connectivity index is 1.45. The lowest BCUT2D eigenvalue weighted by atomic mass is 9.76. The topological polar surface area (TPSA) is 94.7 Å². The van der Waals surface area contributed by atoms with Gasteiger partial charge >= 0.3 is 0 Å². The van der Waals surface area contributed by atoms with Crippen molar-refractivity contribution >= 4 is 0 Å². The molecule has 0 saturated heterocycles. The maximum Gasteiger partial charge on any atom is 0.224 e. The van der Waals surface area contributed by atoms with Gasteiger partial charge in [0, 0.05) is 37.0 Å². The molecule has 6 rings (SSSR count). The number of aryl methyl sites for hydroxylation is 1. The highest BCUT2D eigenvalue weighted by Gasteiger charge is 2.39. The van der Waals surface area contributed by atoms with Crippen LogP contribution in [0.4, 0.5) is 0 Å². The van der Waals surface area contributed by atoms with Gasteiger partial charge in [0.15, 0.2) is 0 Å². The lowest BCUT2D eigenvalue weighted by Crippen LogP contribution is -2.23. The summed E-state index contributed by atoms with van der Waals surface area (Å²) in [5.41, 5.74) is 10.8. The van der Waals surface area contributed by atoms with Crippen molar-refractivity contribution in [2.45, 2.75) is 49.9 Å². The third-order valence-electron chi connectivity index (χ3n) is 6.84. The summed E-state index contributed by atoms with van der Waals surface area (Å²) in [5, 5.41) is 14.7. The van der Waals surface area contributed by atoms with Crippen LogP contribution in [0.5, 0.6) is 5.88 Å². The molecular weight excluding hydrogens is 388 g/mol. The zero-order chi connectivity index (χ0) is 21.1. The van der Waals surface area contributed by atoms with E-state index < -0.39 is 0 Å². The fourth-order valence-corrected chi connectivity index (χ4v) is 4.82. The first kappa shape index (κ1) is 18.3. The van der Waals surface area contributed by atoms with Crippen LogP contribution in [0.2, 0.25) is 0 Å². The van der Waals surface area contributed by atoms with Crippen LogP contribution in [0.15, 0.2) is 48.1 Å². The smallest absolute Gasteiger partial charge is 0.224 e. The molecule has 2 N–H and O–H groups in total. The van der Waals surface area contributed by atoms with Crippen molar-refractivity contribution in [1.82, 2.24) is 19.3 Å². The maximum absolute atomic E-state index is 9.93. The normalized spacial score (nSPS) is 20.7. The number of nitrogens with two attached hydrogens (primary N) is 1. The first-order valence-corrected chi connectivity index (χ1v) is 10.9. The van der Waals surface area contributed by atoms with Crippen molar-refractivity contribution in [3.8, 4) is 17.6 Å². The molecule has 7 nitrogen and oxygen atoms in total. The van der Waals surface area contributed by atoms with Crippen molar-refractivity contribution in [1.29, 1.82) is 5.26 Å². The zero-order valence-electron chi connectivity index (χ0n) is 17.5. The quantitative estimate of drug-likeness (QED) is 0.700. The van der Waals surface area contributed by atoms with Gasteiger partial charge in [-0.05, 0) is 43.4 Å². The van der Waals surface area contributed by atoms with Crippen LogP contribution >= 0.6 is 0 Å². The molecular formula is C24H24N6O. The fourth-order valence-electron chi connectivity index (χ4n) is 4.82. The number of allylic oxidation sites excluding steroid dienone is 1. The fraction of sp³-hybridized carbons (Fsp3) is 0.375. The summed E-state index contributed by atoms with van der Waals surface area (Å²) < 4.78 is 9.80. The Kier molecular flexibility index (Phi) is 3.97. The Hall–Kier alpha value is -3.53. The van der Waals surface area contributed by atoms with Crippen LogP contribution in [0, 0.1) is 11.3 Å². The highest BCUT2D eigenvalue weighted by Crippen LogP contribution is 2.49. The van der Waals surface area contributed by atoms with Crippen molar-refractivity contribution < 1.29 is 4.74 Å². The van der Waals surface area contributed by atoms with Crippen LogP contribution in [-0.2, 0) is 7.05 Å². The van der Waals surface area contributed by atoms with Gasteiger partial charge in [-0.2, -0.15) is 10.4 Å². The highest BCUT2D eigenvalue weighted by atomic mass is 16.5. The third kappa shape index (κ3) is 2.78. The third-order valence-corrected chi connectivity index (χ3v) is 6.84. The van der Waals surface area contributed by atoms with Gasteiger partial charge in [0.1, 0.15) is 17.5 Å². The Morgan fingerprint density at radius 3 is 2.55 bits per heavy atom. The number of nitriles is 1. The maximum atomic E-state index is 9.93. The molecule has 1 unspecified atom stereocenters. The largest absolute Gasteiger partial charge is 0.422 e. The summed E-state index contributed by atoms with van der Waals surface area (Å²) in [4.78, 5) is 4.55. The molecule has 7 heteroatoms. The van der Waals surface area contributed by atoms with E-state index in [4.69, 9.17) is 15.6 Å². The predicted octanol–water partition coefficient (Wildman–Crippen LogP) is 3.97. The Morgan fingerprint density at radius 1 is 1.13 bits per heavy atom. The Morgan fingerprint density at radius 2 is 1.90 bits per heavy atom. The SMILES string of the molecule is Cn1nc(C2CCC2)c2c1OC(N)=C(C#N)C2c1ccc(-n2ccnc2C2CC2)cc1. The minimum atomic E-state index is -0.266. The number of rotatable bonds is 4. The molecule has 1 atom stereocenters. The summed E-state index contributed by atoms with van der Waals surface area (Å²) in [6.07, 6.45) is 9.77. The predicted molar refractivity (Wildman–Crippen MR) is 115 cm³/mol. The summed E-state index contributed by atoms with van der Waals surface area (Å²) in [6, 6.07) is 10.7. The number of hydrogen-bond donors (Lipinski definition) is 1. The lowest BCUT2D eigenvalue weighted by molar-refractivity contribution is 0.358. The first-order valence-electron chi connectivity index (χ1n) is 10.9. The minimum Gasteiger partial charge on any atom is -0.422 e. The van der Waals surface area contributed by atoms with Gasteiger partial charge in [0.05, 0.1) is 17.2 Å². The molecule has 0 radical (unpaired) electrons. The van der Waals surface area contributed by atoms with Crippen LogP contribution in [0.25, 0.3) is 5.69 Å². The van der Waals surface area contributed by atoms with Crippen molar-refractivity contribution in [3.05, 3.63) is 70.8 Å². The molecule has 0 bridgehead atoms. The van der Waals surface area contributed by atoms with Gasteiger partial charge < -0.3 is 15.0 Å². The van der Waals surface area contributed by atoms with Crippen molar-refractivity contribution in [2.24, 2.45) is 12.8 Å². The van der Waals surface area contributed by atoms with E-state index in [1.807, 2.05) is 19.4 Å². The van der Waals surface area contributed by atoms with E-state index in [9.17, 15) is 5.26 Å². The number of fused-ring (bicyclic) bond motifs is 1. The Bertz CT molecular complexity index is 1230. The van der Waals surface area contributed by atoms with E-state index in [2.05, 4.69) is 39.9 Å². The standard InChI is InChI=1S/C24H24N6O/c1-29-24-20(21(28-29)15-3-2-4-15)19(18(13-25)22(26)31-24)14-7-9-17(10-8-14)30-12-11-27-23(30)16-5-6-16/h7-12,15-16,19H,2-6,26H2,1H3. The monoisotopic (exact) mass is 412 g/mol. The average Bonchev–Trinajstić information content (AvgIpc) is 3.38. The number of hydrogen-bond acceptors (Lipinski definition) is 5. The molecule has 31 heavy (non-hydrogen) atoms. The molecule has 156 valence electrons. The lowest BCUT2D eigenvalue weighted by Gasteiger charge is -2.29. The number of aromatic nitrogens is 4. The van der Waals surface area contributed by atoms with Gasteiger partial charge in [0.25, 0.3) is 0 Å². The first-order chi connectivity index (χ1) is 15.2. The van der Waals surface area contributed by atoms with Gasteiger partial charge in [-0.15, -0.1) is 0 Å². The number of imidazole rings is 1. The van der Waals surface area contributed by atoms with E-state index in [0.29, 0.717) is 23.3 Å². The molecule has 1 aliphatic heterocycles. The van der Waals surface area contributed by atoms with E-state index in [0.717, 1.165) is 41.2 Å². The summed E-state index contributed by atoms with van der Waals surface area (Å²) in [7, 11) is 1.88. The minimum absolute atomic E-state index is 0.165. The average molecular weight is 412 g/mol. The van der Waals surface area contributed by atoms with Crippen molar-refractivity contribution in [3.63, 3.8) is 0 Å². The van der Waals surface area contributed by atoms with E-state index >= 15 is 0 Å².